The van der Waals surface area contributed by atoms with Crippen LogP contribution in [0.1, 0.15) is 0 Å². The van der Waals surface area contributed by atoms with Gasteiger partial charge in [-0.1, -0.05) is 11.6 Å². The third kappa shape index (κ3) is 1.05. The molecule has 1 rings (SSSR count). The van der Waals surface area contributed by atoms with E-state index in [4.69, 9.17) is 16.7 Å². The van der Waals surface area contributed by atoms with Gasteiger partial charge in [-0.2, -0.15) is 0 Å². The van der Waals surface area contributed by atoms with Crippen molar-refractivity contribution in [1.29, 1.82) is 0 Å². The van der Waals surface area contributed by atoms with Crippen LogP contribution in [0.15, 0.2) is 21.5 Å². The predicted molar refractivity (Wildman–Crippen MR) is 31.7 cm³/mol. The van der Waals surface area contributed by atoms with Gasteiger partial charge in [0, 0.05) is 0 Å². The summed E-state index contributed by atoms with van der Waals surface area (Å²) in [5, 5.41) is 8.67. The predicted octanol–water partition coefficient (Wildman–Crippen LogP) is 0.999. The lowest BCUT2D eigenvalue weighted by Crippen LogP contribution is -1.95. The Labute approximate surface area is 55.5 Å². The first-order valence-corrected chi connectivity index (χ1v) is 2.56. The molecule has 0 amide bonds. The molecule has 0 saturated heterocycles. The van der Waals surface area contributed by atoms with E-state index in [0.717, 1.165) is 6.26 Å². The van der Waals surface area contributed by atoms with E-state index in [1.54, 1.807) is 0 Å². The molecule has 0 aliphatic rings. The summed E-state index contributed by atoms with van der Waals surface area (Å²) >= 11 is 5.30. The van der Waals surface area contributed by atoms with Gasteiger partial charge >= 0.3 is 5.63 Å². The second-order valence-electron chi connectivity index (χ2n) is 1.40. The van der Waals surface area contributed by atoms with Crippen molar-refractivity contribution in [3.05, 3.63) is 27.8 Å². The number of aromatic hydroxyl groups is 1. The fraction of sp³-hybridized carbons (Fsp3) is 0. The molecule has 0 aliphatic carbocycles. The maximum absolute atomic E-state index is 10.3. The zero-order valence-electron chi connectivity index (χ0n) is 4.30. The Morgan fingerprint density at radius 1 is 1.67 bits per heavy atom. The van der Waals surface area contributed by atoms with Gasteiger partial charge in [-0.15, -0.1) is 0 Å². The van der Waals surface area contributed by atoms with Crippen LogP contribution in [0.4, 0.5) is 0 Å². The minimum atomic E-state index is -0.817. The van der Waals surface area contributed by atoms with Crippen LogP contribution in [0.25, 0.3) is 0 Å². The Hall–Kier alpha value is -0.960. The van der Waals surface area contributed by atoms with Crippen molar-refractivity contribution in [3.8, 4) is 5.75 Å². The summed E-state index contributed by atoms with van der Waals surface area (Å²) in [6.45, 7) is 0. The molecule has 0 aromatic carbocycles. The second-order valence-corrected chi connectivity index (χ2v) is 1.81. The van der Waals surface area contributed by atoms with E-state index in [1.165, 1.54) is 6.07 Å². The van der Waals surface area contributed by atoms with Crippen LogP contribution in [0, 0.1) is 0 Å². The number of hydrogen-bond acceptors (Lipinski definition) is 3. The van der Waals surface area contributed by atoms with E-state index < -0.39 is 11.4 Å². The summed E-state index contributed by atoms with van der Waals surface area (Å²) in [4.78, 5) is 10.3. The van der Waals surface area contributed by atoms with Crippen molar-refractivity contribution < 1.29 is 9.52 Å². The molecule has 0 aliphatic heterocycles. The molecule has 1 heterocycles. The largest absolute Gasteiger partial charge is 0.501 e. The van der Waals surface area contributed by atoms with Crippen LogP contribution in [-0.2, 0) is 0 Å². The smallest absolute Gasteiger partial charge is 0.379 e. The van der Waals surface area contributed by atoms with Crippen LogP contribution in [-0.4, -0.2) is 5.11 Å². The molecule has 0 atom stereocenters. The average molecular weight is 147 g/mol. The molecule has 0 saturated carbocycles. The fourth-order valence-electron chi connectivity index (χ4n) is 0.388. The minimum Gasteiger partial charge on any atom is -0.501 e. The van der Waals surface area contributed by atoms with Gasteiger partial charge < -0.3 is 9.52 Å². The van der Waals surface area contributed by atoms with E-state index >= 15 is 0 Å². The summed E-state index contributed by atoms with van der Waals surface area (Å²) < 4.78 is 4.25. The first-order valence-electron chi connectivity index (χ1n) is 2.18. The van der Waals surface area contributed by atoms with Crippen molar-refractivity contribution in [2.75, 3.05) is 0 Å². The molecular formula is C5H3ClO3. The molecule has 0 bridgehead atoms. The molecule has 1 aromatic heterocycles. The second kappa shape index (κ2) is 2.11. The maximum atomic E-state index is 10.3. The Morgan fingerprint density at radius 2 is 2.33 bits per heavy atom. The highest BCUT2D eigenvalue weighted by Crippen LogP contribution is 2.15. The maximum Gasteiger partial charge on any atom is 0.379 e. The van der Waals surface area contributed by atoms with Gasteiger partial charge in [-0.3, -0.25) is 0 Å². The topological polar surface area (TPSA) is 50.4 Å². The van der Waals surface area contributed by atoms with Crippen LogP contribution in [0.2, 0.25) is 5.02 Å². The molecule has 9 heavy (non-hydrogen) atoms. The average Bonchev–Trinajstić information content (AvgIpc) is 1.83. The van der Waals surface area contributed by atoms with Crippen LogP contribution < -0.4 is 5.63 Å². The third-order valence-corrected chi connectivity index (χ3v) is 1.11. The van der Waals surface area contributed by atoms with E-state index in [2.05, 4.69) is 4.42 Å². The molecule has 0 radical (unpaired) electrons. The highest BCUT2D eigenvalue weighted by atomic mass is 35.5. The van der Waals surface area contributed by atoms with Gasteiger partial charge in [0.1, 0.15) is 0 Å². The SMILES string of the molecule is O=c1occc(Cl)c1O. The van der Waals surface area contributed by atoms with Crippen LogP contribution >= 0.6 is 11.6 Å². The van der Waals surface area contributed by atoms with E-state index in [9.17, 15) is 4.79 Å². The summed E-state index contributed by atoms with van der Waals surface area (Å²) in [7, 11) is 0. The molecular weight excluding hydrogens is 144 g/mol. The van der Waals surface area contributed by atoms with Gasteiger partial charge in [-0.05, 0) is 6.07 Å². The van der Waals surface area contributed by atoms with E-state index in [-0.39, 0.29) is 5.02 Å². The standard InChI is InChI=1S/C5H3ClO3/c6-3-1-2-9-5(8)4(3)7/h1-2,7H. The quantitative estimate of drug-likeness (QED) is 0.594. The van der Waals surface area contributed by atoms with E-state index in [0.29, 0.717) is 0 Å². The normalized spacial score (nSPS) is 9.44. The molecule has 3 nitrogen and oxygen atoms in total. The monoisotopic (exact) mass is 146 g/mol. The van der Waals surface area contributed by atoms with E-state index in [1.807, 2.05) is 0 Å². The summed E-state index contributed by atoms with van der Waals surface area (Å²) in [6.07, 6.45) is 1.12. The zero-order valence-corrected chi connectivity index (χ0v) is 5.05. The fourth-order valence-corrected chi connectivity index (χ4v) is 0.516. The van der Waals surface area contributed by atoms with Crippen LogP contribution in [0.3, 0.4) is 0 Å². The Balaban J connectivity index is 3.43. The summed E-state index contributed by atoms with van der Waals surface area (Å²) in [5.74, 6) is -0.542. The molecule has 1 N–H and O–H groups in total. The van der Waals surface area contributed by atoms with Gasteiger partial charge in [0.05, 0.1) is 11.3 Å². The first kappa shape index (κ1) is 6.16. The van der Waals surface area contributed by atoms with Crippen molar-refractivity contribution in [2.45, 2.75) is 0 Å². The van der Waals surface area contributed by atoms with Crippen molar-refractivity contribution in [1.82, 2.24) is 0 Å². The Bertz CT molecular complexity index is 265. The van der Waals surface area contributed by atoms with Crippen molar-refractivity contribution >= 4 is 11.6 Å². The van der Waals surface area contributed by atoms with Crippen molar-refractivity contribution in [3.63, 3.8) is 0 Å². The molecule has 4 heteroatoms. The molecule has 0 fully saturated rings. The molecule has 1 aromatic rings. The minimum absolute atomic E-state index is 0.00579. The highest BCUT2D eigenvalue weighted by Gasteiger charge is 2.00. The first-order chi connectivity index (χ1) is 4.22. The Kier molecular flexibility index (Phi) is 1.44. The summed E-state index contributed by atoms with van der Waals surface area (Å²) in [6, 6.07) is 1.29. The van der Waals surface area contributed by atoms with Gasteiger partial charge in [0.15, 0.2) is 0 Å². The van der Waals surface area contributed by atoms with Gasteiger partial charge in [0.2, 0.25) is 5.75 Å². The molecule has 0 spiro atoms. The lowest BCUT2D eigenvalue weighted by Gasteiger charge is -1.88. The van der Waals surface area contributed by atoms with Gasteiger partial charge in [-0.25, -0.2) is 4.79 Å². The van der Waals surface area contributed by atoms with Crippen molar-refractivity contribution in [2.24, 2.45) is 0 Å². The third-order valence-electron chi connectivity index (χ3n) is 0.809. The highest BCUT2D eigenvalue weighted by molar-refractivity contribution is 6.31. The number of hydrogen-bond donors (Lipinski definition) is 1. The number of halogens is 1. The number of rotatable bonds is 0. The zero-order chi connectivity index (χ0) is 6.85. The Morgan fingerprint density at radius 3 is 2.78 bits per heavy atom. The summed E-state index contributed by atoms with van der Waals surface area (Å²) in [5.41, 5.74) is -0.817. The van der Waals surface area contributed by atoms with Gasteiger partial charge in [0.25, 0.3) is 0 Å². The lowest BCUT2D eigenvalue weighted by molar-refractivity contribution is 0.412. The lowest BCUT2D eigenvalue weighted by atomic mass is 10.5. The molecule has 48 valence electrons. The molecule has 0 unspecified atom stereocenters. The van der Waals surface area contributed by atoms with Crippen LogP contribution in [0.5, 0.6) is 5.75 Å².